The van der Waals surface area contributed by atoms with E-state index in [0.717, 1.165) is 22.0 Å². The fourth-order valence-corrected chi connectivity index (χ4v) is 2.35. The third-order valence-corrected chi connectivity index (χ3v) is 3.23. The van der Waals surface area contributed by atoms with Gasteiger partial charge in [0.25, 0.3) is 0 Å². The van der Waals surface area contributed by atoms with Crippen molar-refractivity contribution < 1.29 is 4.79 Å². The van der Waals surface area contributed by atoms with Gasteiger partial charge < -0.3 is 10.3 Å². The van der Waals surface area contributed by atoms with Gasteiger partial charge in [0.15, 0.2) is 0 Å². The highest BCUT2D eigenvalue weighted by atomic mass is 16.1. The first-order valence-corrected chi connectivity index (χ1v) is 6.38. The summed E-state index contributed by atoms with van der Waals surface area (Å²) < 4.78 is 0. The van der Waals surface area contributed by atoms with E-state index < -0.39 is 0 Å². The maximum atomic E-state index is 11.4. The van der Waals surface area contributed by atoms with Crippen molar-refractivity contribution in [3.63, 3.8) is 0 Å². The molecule has 0 atom stereocenters. The molecule has 2 aromatic carbocycles. The van der Waals surface area contributed by atoms with E-state index in [-0.39, 0.29) is 5.91 Å². The van der Waals surface area contributed by atoms with Crippen molar-refractivity contribution in [1.82, 2.24) is 10.3 Å². The molecule has 0 fully saturated rings. The van der Waals surface area contributed by atoms with Crippen LogP contribution in [0.2, 0.25) is 0 Å². The Morgan fingerprint density at radius 1 is 1.10 bits per heavy atom. The molecule has 3 aromatic rings. The van der Waals surface area contributed by atoms with E-state index in [1.807, 2.05) is 30.3 Å². The molecule has 98 valence electrons. The number of benzene rings is 2. The van der Waals surface area contributed by atoms with E-state index in [4.69, 9.17) is 0 Å². The van der Waals surface area contributed by atoms with Crippen LogP contribution in [0.1, 0.15) is 5.56 Å². The molecule has 0 aliphatic carbocycles. The van der Waals surface area contributed by atoms with Gasteiger partial charge in [0.1, 0.15) is 0 Å². The molecule has 1 heterocycles. The van der Waals surface area contributed by atoms with Gasteiger partial charge in [-0.05, 0) is 23.9 Å². The predicted octanol–water partition coefficient (Wildman–Crippen LogP) is 3.59. The average Bonchev–Trinajstić information content (AvgIpc) is 2.84. The van der Waals surface area contributed by atoms with Crippen LogP contribution in [0.3, 0.4) is 0 Å². The van der Waals surface area contributed by atoms with Crippen molar-refractivity contribution >= 4 is 33.8 Å². The van der Waals surface area contributed by atoms with Crippen LogP contribution in [0.15, 0.2) is 61.3 Å². The summed E-state index contributed by atoms with van der Waals surface area (Å²) >= 11 is 0. The third kappa shape index (κ3) is 2.10. The largest absolute Gasteiger partial charge is 0.354 e. The highest BCUT2D eigenvalue weighted by molar-refractivity contribution is 6.10. The van der Waals surface area contributed by atoms with E-state index in [1.165, 1.54) is 17.7 Å². The Bertz CT molecular complexity index is 827. The van der Waals surface area contributed by atoms with Crippen LogP contribution >= 0.6 is 0 Å². The topological polar surface area (TPSA) is 44.9 Å². The lowest BCUT2D eigenvalue weighted by atomic mass is 10.1. The van der Waals surface area contributed by atoms with Gasteiger partial charge in [-0.15, -0.1) is 0 Å². The Kier molecular flexibility index (Phi) is 3.09. The zero-order chi connectivity index (χ0) is 13.9. The standard InChI is InChI=1S/C17H14N2O/c1-2-18-16(20)11-10-12-6-5-8-14-13-7-3-4-9-15(13)19-17(12)14/h2-11,19H,1H2,(H,18,20). The molecule has 0 saturated heterocycles. The lowest BCUT2D eigenvalue weighted by molar-refractivity contribution is -0.115. The minimum atomic E-state index is -0.187. The van der Waals surface area contributed by atoms with E-state index in [9.17, 15) is 4.79 Å². The molecular formula is C17H14N2O. The van der Waals surface area contributed by atoms with Gasteiger partial charge in [-0.2, -0.15) is 0 Å². The van der Waals surface area contributed by atoms with Crippen LogP contribution in [-0.4, -0.2) is 10.9 Å². The van der Waals surface area contributed by atoms with E-state index in [0.29, 0.717) is 0 Å². The van der Waals surface area contributed by atoms with Crippen molar-refractivity contribution in [3.05, 3.63) is 66.9 Å². The molecule has 1 aromatic heterocycles. The number of carbonyl (C=O) groups is 1. The molecule has 0 unspecified atom stereocenters. The van der Waals surface area contributed by atoms with Gasteiger partial charge in [0.05, 0.1) is 5.52 Å². The number of carbonyl (C=O) groups excluding carboxylic acids is 1. The second-order valence-corrected chi connectivity index (χ2v) is 4.49. The van der Waals surface area contributed by atoms with E-state index in [1.54, 1.807) is 6.08 Å². The molecule has 20 heavy (non-hydrogen) atoms. The molecule has 3 heteroatoms. The summed E-state index contributed by atoms with van der Waals surface area (Å²) in [6.07, 6.45) is 4.68. The minimum Gasteiger partial charge on any atom is -0.354 e. The number of H-pyrrole nitrogens is 1. The van der Waals surface area contributed by atoms with Gasteiger partial charge in [-0.25, -0.2) is 0 Å². The van der Waals surface area contributed by atoms with Gasteiger partial charge in [0.2, 0.25) is 5.91 Å². The Balaban J connectivity index is 2.12. The normalized spacial score (nSPS) is 11.2. The van der Waals surface area contributed by atoms with Crippen molar-refractivity contribution in [2.75, 3.05) is 0 Å². The van der Waals surface area contributed by atoms with Crippen LogP contribution in [-0.2, 0) is 4.79 Å². The molecule has 0 radical (unpaired) electrons. The maximum Gasteiger partial charge on any atom is 0.247 e. The van der Waals surface area contributed by atoms with Gasteiger partial charge in [-0.3, -0.25) is 4.79 Å². The number of amides is 1. The third-order valence-electron chi connectivity index (χ3n) is 3.23. The number of para-hydroxylation sites is 2. The number of nitrogens with one attached hydrogen (secondary N) is 2. The predicted molar refractivity (Wildman–Crippen MR) is 83.2 cm³/mol. The van der Waals surface area contributed by atoms with Crippen LogP contribution in [0.25, 0.3) is 27.9 Å². The molecule has 3 nitrogen and oxygen atoms in total. The lowest BCUT2D eigenvalue weighted by Gasteiger charge is -1.97. The quantitative estimate of drug-likeness (QED) is 0.696. The first-order chi connectivity index (χ1) is 9.79. The summed E-state index contributed by atoms with van der Waals surface area (Å²) in [5, 5.41) is 4.87. The zero-order valence-electron chi connectivity index (χ0n) is 10.9. The number of rotatable bonds is 3. The molecule has 2 N–H and O–H groups in total. The Morgan fingerprint density at radius 3 is 2.75 bits per heavy atom. The van der Waals surface area contributed by atoms with Gasteiger partial charge >= 0.3 is 0 Å². The number of fused-ring (bicyclic) bond motifs is 3. The average molecular weight is 262 g/mol. The fraction of sp³-hybridized carbons (Fsp3) is 0. The fourth-order valence-electron chi connectivity index (χ4n) is 2.35. The second-order valence-electron chi connectivity index (χ2n) is 4.49. The Labute approximate surface area is 116 Å². The first kappa shape index (κ1) is 12.2. The summed E-state index contributed by atoms with van der Waals surface area (Å²) in [4.78, 5) is 14.8. The monoisotopic (exact) mass is 262 g/mol. The molecule has 3 rings (SSSR count). The summed E-state index contributed by atoms with van der Waals surface area (Å²) in [5.41, 5.74) is 3.12. The first-order valence-electron chi connectivity index (χ1n) is 6.38. The minimum absolute atomic E-state index is 0.187. The van der Waals surface area contributed by atoms with E-state index >= 15 is 0 Å². The SMILES string of the molecule is C=CNC(=O)C=Cc1cccc2c1[nH]c1ccccc12. The number of aromatic amines is 1. The smallest absolute Gasteiger partial charge is 0.247 e. The van der Waals surface area contributed by atoms with Gasteiger partial charge in [0, 0.05) is 22.4 Å². The maximum absolute atomic E-state index is 11.4. The Morgan fingerprint density at radius 2 is 1.90 bits per heavy atom. The second kappa shape index (κ2) is 5.05. The van der Waals surface area contributed by atoms with Crippen LogP contribution in [0.5, 0.6) is 0 Å². The summed E-state index contributed by atoms with van der Waals surface area (Å²) in [6, 6.07) is 14.2. The van der Waals surface area contributed by atoms with Crippen LogP contribution < -0.4 is 5.32 Å². The number of aromatic nitrogens is 1. The Hall–Kier alpha value is -2.81. The molecule has 0 saturated carbocycles. The van der Waals surface area contributed by atoms with Crippen molar-refractivity contribution in [1.29, 1.82) is 0 Å². The van der Waals surface area contributed by atoms with Crippen molar-refractivity contribution in [3.8, 4) is 0 Å². The lowest BCUT2D eigenvalue weighted by Crippen LogP contribution is -2.12. The summed E-state index contributed by atoms with van der Waals surface area (Å²) in [7, 11) is 0. The van der Waals surface area contributed by atoms with Crippen molar-refractivity contribution in [2.45, 2.75) is 0 Å². The van der Waals surface area contributed by atoms with Gasteiger partial charge in [-0.1, -0.05) is 43.0 Å². The summed E-state index contributed by atoms with van der Waals surface area (Å²) in [5.74, 6) is -0.187. The molecule has 0 aliphatic rings. The van der Waals surface area contributed by atoms with Crippen LogP contribution in [0.4, 0.5) is 0 Å². The zero-order valence-corrected chi connectivity index (χ0v) is 10.9. The van der Waals surface area contributed by atoms with Crippen LogP contribution in [0, 0.1) is 0 Å². The number of hydrogen-bond acceptors (Lipinski definition) is 1. The molecule has 1 amide bonds. The molecule has 0 spiro atoms. The highest BCUT2D eigenvalue weighted by Gasteiger charge is 2.05. The molecule has 0 bridgehead atoms. The molecule has 0 aliphatic heterocycles. The summed E-state index contributed by atoms with van der Waals surface area (Å²) in [6.45, 7) is 3.46. The number of hydrogen-bond donors (Lipinski definition) is 2. The molecular weight excluding hydrogens is 248 g/mol. The van der Waals surface area contributed by atoms with Crippen molar-refractivity contribution in [2.24, 2.45) is 0 Å². The highest BCUT2D eigenvalue weighted by Crippen LogP contribution is 2.27. The van der Waals surface area contributed by atoms with E-state index in [2.05, 4.69) is 29.0 Å².